The third kappa shape index (κ3) is 4.46. The number of thiocarbonyl (C=S) groups is 1. The highest BCUT2D eigenvalue weighted by atomic mass is 32.1. The van der Waals surface area contributed by atoms with E-state index in [1.165, 1.54) is 12.1 Å². The topological polar surface area (TPSA) is 42.3 Å². The molecule has 5 nitrogen and oxygen atoms in total. The molecular formula is C29H29FN4OS. The molecule has 1 aliphatic rings. The van der Waals surface area contributed by atoms with Crippen LogP contribution in [0.25, 0.3) is 5.69 Å². The molecule has 1 saturated heterocycles. The lowest BCUT2D eigenvalue weighted by Gasteiger charge is -2.28. The second kappa shape index (κ2) is 9.74. The van der Waals surface area contributed by atoms with Gasteiger partial charge in [0.2, 0.25) is 0 Å². The summed E-state index contributed by atoms with van der Waals surface area (Å²) in [6.07, 6.45) is 1.91. The largest absolute Gasteiger partial charge is 0.491 e. The van der Waals surface area contributed by atoms with E-state index >= 15 is 0 Å². The first-order valence-electron chi connectivity index (χ1n) is 12.1. The number of halogens is 1. The van der Waals surface area contributed by atoms with Crippen LogP contribution in [0.2, 0.25) is 0 Å². The standard InChI is InChI=1S/C29H29FN4OS/c1-18(2)35-24-14-12-23(13-15-24)34-28(27(32-29(34)36)26-7-5-6-16-31-26)25-17-19(3)33(20(25)4)22-10-8-21(30)9-11-22/h5-18,27-28H,1-4H3,(H,32,36). The average molecular weight is 501 g/mol. The molecule has 4 aromatic rings. The van der Waals surface area contributed by atoms with E-state index < -0.39 is 0 Å². The second-order valence-corrected chi connectivity index (χ2v) is 9.68. The third-order valence-electron chi connectivity index (χ3n) is 6.46. The smallest absolute Gasteiger partial charge is 0.174 e. The van der Waals surface area contributed by atoms with Gasteiger partial charge < -0.3 is 19.5 Å². The summed E-state index contributed by atoms with van der Waals surface area (Å²) in [5, 5.41) is 4.16. The lowest BCUT2D eigenvalue weighted by molar-refractivity contribution is 0.242. The van der Waals surface area contributed by atoms with E-state index in [0.29, 0.717) is 5.11 Å². The maximum absolute atomic E-state index is 13.6. The average Bonchev–Trinajstić information content (AvgIpc) is 3.35. The normalized spacial score (nSPS) is 17.5. The number of rotatable bonds is 6. The Labute approximate surface area is 216 Å². The van der Waals surface area contributed by atoms with Gasteiger partial charge in [-0.05, 0) is 112 Å². The fourth-order valence-electron chi connectivity index (χ4n) is 4.98. The van der Waals surface area contributed by atoms with Crippen molar-refractivity contribution in [2.24, 2.45) is 0 Å². The number of hydrogen-bond donors (Lipinski definition) is 1. The Bertz CT molecular complexity index is 1370. The van der Waals surface area contributed by atoms with E-state index in [1.54, 1.807) is 18.3 Å². The van der Waals surface area contributed by atoms with Crippen molar-refractivity contribution in [1.29, 1.82) is 0 Å². The molecule has 2 aromatic carbocycles. The predicted molar refractivity (Wildman–Crippen MR) is 145 cm³/mol. The fourth-order valence-corrected chi connectivity index (χ4v) is 5.33. The minimum absolute atomic E-state index is 0.100. The molecule has 2 atom stereocenters. The van der Waals surface area contributed by atoms with E-state index in [9.17, 15) is 4.39 Å². The Morgan fingerprint density at radius 3 is 2.31 bits per heavy atom. The predicted octanol–water partition coefficient (Wildman–Crippen LogP) is 6.59. The maximum Gasteiger partial charge on any atom is 0.174 e. The summed E-state index contributed by atoms with van der Waals surface area (Å²) in [6.45, 7) is 8.19. The van der Waals surface area contributed by atoms with Gasteiger partial charge in [0.15, 0.2) is 5.11 Å². The van der Waals surface area contributed by atoms with Gasteiger partial charge in [0.1, 0.15) is 11.6 Å². The fraction of sp³-hybridized carbons (Fsp3) is 0.241. The summed E-state index contributed by atoms with van der Waals surface area (Å²) >= 11 is 5.88. The summed E-state index contributed by atoms with van der Waals surface area (Å²) in [6, 6.07) is 22.5. The quantitative estimate of drug-likeness (QED) is 0.303. The summed E-state index contributed by atoms with van der Waals surface area (Å²) in [5.74, 6) is 0.567. The number of aromatic nitrogens is 2. The molecule has 36 heavy (non-hydrogen) atoms. The monoisotopic (exact) mass is 500 g/mol. The highest BCUT2D eigenvalue weighted by Crippen LogP contribution is 2.44. The molecule has 2 unspecified atom stereocenters. The van der Waals surface area contributed by atoms with E-state index in [1.807, 2.05) is 56.3 Å². The van der Waals surface area contributed by atoms with Crippen molar-refractivity contribution in [3.63, 3.8) is 0 Å². The van der Waals surface area contributed by atoms with Crippen LogP contribution >= 0.6 is 12.2 Å². The summed E-state index contributed by atoms with van der Waals surface area (Å²) in [7, 11) is 0. The number of aryl methyl sites for hydroxylation is 1. The lowest BCUT2D eigenvalue weighted by atomic mass is 9.96. The number of ether oxygens (including phenoxy) is 1. The molecule has 1 aliphatic heterocycles. The summed E-state index contributed by atoms with van der Waals surface area (Å²) < 4.78 is 21.6. The molecule has 7 heteroatoms. The minimum Gasteiger partial charge on any atom is -0.491 e. The first kappa shape index (κ1) is 24.0. The van der Waals surface area contributed by atoms with Crippen molar-refractivity contribution >= 4 is 23.0 Å². The zero-order valence-corrected chi connectivity index (χ0v) is 21.6. The van der Waals surface area contributed by atoms with Crippen LogP contribution in [-0.4, -0.2) is 20.8 Å². The third-order valence-corrected chi connectivity index (χ3v) is 6.77. The number of benzene rings is 2. The van der Waals surface area contributed by atoms with Crippen LogP contribution in [0.5, 0.6) is 5.75 Å². The molecule has 0 aliphatic carbocycles. The van der Waals surface area contributed by atoms with Gasteiger partial charge in [-0.2, -0.15) is 0 Å². The van der Waals surface area contributed by atoms with Gasteiger partial charge in [-0.3, -0.25) is 4.98 Å². The van der Waals surface area contributed by atoms with Gasteiger partial charge in [0.25, 0.3) is 0 Å². The molecule has 0 spiro atoms. The van der Waals surface area contributed by atoms with E-state index in [0.717, 1.165) is 39.8 Å². The highest BCUT2D eigenvalue weighted by Gasteiger charge is 2.42. The number of hydrogen-bond acceptors (Lipinski definition) is 3. The number of nitrogens with zero attached hydrogens (tertiary/aromatic N) is 3. The molecule has 5 rings (SSSR count). The van der Waals surface area contributed by atoms with Crippen LogP contribution in [0.3, 0.4) is 0 Å². The summed E-state index contributed by atoms with van der Waals surface area (Å²) in [5.41, 5.74) is 6.07. The van der Waals surface area contributed by atoms with E-state index in [4.69, 9.17) is 17.0 Å². The number of nitrogens with one attached hydrogen (secondary N) is 1. The zero-order chi connectivity index (χ0) is 25.4. The van der Waals surface area contributed by atoms with Gasteiger partial charge in [-0.1, -0.05) is 6.07 Å². The van der Waals surface area contributed by atoms with Crippen LogP contribution in [0.4, 0.5) is 10.1 Å². The Morgan fingerprint density at radius 1 is 0.972 bits per heavy atom. The molecule has 1 N–H and O–H groups in total. The molecule has 2 aromatic heterocycles. The SMILES string of the molecule is Cc1cc(C2C(c3ccccn3)NC(=S)N2c2ccc(OC(C)C)cc2)c(C)n1-c1ccc(F)cc1. The van der Waals surface area contributed by atoms with Crippen molar-refractivity contribution in [3.05, 3.63) is 107 Å². The van der Waals surface area contributed by atoms with Crippen molar-refractivity contribution in [2.45, 2.75) is 45.9 Å². The van der Waals surface area contributed by atoms with Gasteiger partial charge >= 0.3 is 0 Å². The highest BCUT2D eigenvalue weighted by molar-refractivity contribution is 7.80. The van der Waals surface area contributed by atoms with E-state index in [2.05, 4.69) is 39.7 Å². The maximum atomic E-state index is 13.6. The molecular weight excluding hydrogens is 471 g/mol. The Hall–Kier alpha value is -3.71. The van der Waals surface area contributed by atoms with Crippen molar-refractivity contribution < 1.29 is 9.13 Å². The summed E-state index contributed by atoms with van der Waals surface area (Å²) in [4.78, 5) is 6.81. The lowest BCUT2D eigenvalue weighted by Crippen LogP contribution is -2.29. The number of anilines is 1. The molecule has 0 amide bonds. The van der Waals surface area contributed by atoms with Gasteiger partial charge in [-0.15, -0.1) is 0 Å². The Kier molecular flexibility index (Phi) is 6.49. The molecule has 3 heterocycles. The van der Waals surface area contributed by atoms with Gasteiger partial charge in [-0.25, -0.2) is 4.39 Å². The number of pyridine rings is 1. The molecule has 1 fully saturated rings. The molecule has 184 valence electrons. The second-order valence-electron chi connectivity index (χ2n) is 9.30. The first-order chi connectivity index (χ1) is 17.3. The van der Waals surface area contributed by atoms with Crippen LogP contribution < -0.4 is 15.0 Å². The first-order valence-corrected chi connectivity index (χ1v) is 12.5. The Morgan fingerprint density at radius 2 is 1.67 bits per heavy atom. The van der Waals surface area contributed by atoms with Crippen LogP contribution in [-0.2, 0) is 0 Å². The van der Waals surface area contributed by atoms with Crippen LogP contribution in [0.1, 0.15) is 48.6 Å². The van der Waals surface area contributed by atoms with E-state index in [-0.39, 0.29) is 24.0 Å². The van der Waals surface area contributed by atoms with Crippen LogP contribution in [0.15, 0.2) is 79.0 Å². The van der Waals surface area contributed by atoms with Crippen molar-refractivity contribution in [2.75, 3.05) is 4.90 Å². The van der Waals surface area contributed by atoms with Gasteiger partial charge in [0, 0.05) is 29.0 Å². The Balaban J connectivity index is 1.62. The van der Waals surface area contributed by atoms with Crippen LogP contribution in [0, 0.1) is 19.7 Å². The minimum atomic E-state index is -0.252. The molecule has 0 saturated carbocycles. The van der Waals surface area contributed by atoms with Crippen molar-refractivity contribution in [1.82, 2.24) is 14.9 Å². The van der Waals surface area contributed by atoms with Gasteiger partial charge in [0.05, 0.1) is 23.9 Å². The zero-order valence-electron chi connectivity index (χ0n) is 20.8. The van der Waals surface area contributed by atoms with Crippen molar-refractivity contribution in [3.8, 4) is 11.4 Å². The molecule has 0 bridgehead atoms. The molecule has 0 radical (unpaired) electrons.